The highest BCUT2D eigenvalue weighted by Crippen LogP contribution is 2.53. The van der Waals surface area contributed by atoms with Gasteiger partial charge in [0.15, 0.2) is 17.3 Å². The fourth-order valence-electron chi connectivity index (χ4n) is 5.08. The predicted octanol–water partition coefficient (Wildman–Crippen LogP) is 4.67. The first-order valence-electron chi connectivity index (χ1n) is 11.7. The van der Waals surface area contributed by atoms with Crippen molar-refractivity contribution < 1.29 is 23.4 Å². The van der Waals surface area contributed by atoms with E-state index in [1.54, 1.807) is 0 Å². The Labute approximate surface area is 197 Å². The largest absolute Gasteiger partial charge is 0.486 e. The van der Waals surface area contributed by atoms with E-state index >= 15 is 0 Å². The lowest BCUT2D eigenvalue weighted by molar-refractivity contribution is 0.0843. The van der Waals surface area contributed by atoms with Crippen molar-refractivity contribution in [2.24, 2.45) is 17.3 Å². The number of ether oxygens (including phenoxy) is 1. The van der Waals surface area contributed by atoms with Crippen molar-refractivity contribution in [3.63, 3.8) is 0 Å². The number of fused-ring (bicyclic) bond motifs is 1. The molecule has 0 bridgehead atoms. The summed E-state index contributed by atoms with van der Waals surface area (Å²) >= 11 is 6.30. The third-order valence-corrected chi connectivity index (χ3v) is 7.65. The maximum Gasteiger partial charge on any atom is 0.298 e. The van der Waals surface area contributed by atoms with E-state index in [0.717, 1.165) is 19.3 Å². The van der Waals surface area contributed by atoms with Crippen molar-refractivity contribution in [2.75, 3.05) is 29.9 Å². The van der Waals surface area contributed by atoms with Crippen molar-refractivity contribution in [1.29, 1.82) is 0 Å². The van der Waals surface area contributed by atoms with Gasteiger partial charge in [-0.3, -0.25) is 4.79 Å². The smallest absolute Gasteiger partial charge is 0.298 e. The fraction of sp³-hybridized carbons (Fsp3) is 0.583. The number of anilines is 2. The van der Waals surface area contributed by atoms with Crippen molar-refractivity contribution in [3.8, 4) is 5.75 Å². The number of nitrogens with zero attached hydrogens (tertiary/aromatic N) is 2. The third kappa shape index (κ3) is 4.19. The average Bonchev–Trinajstić information content (AvgIpc) is 3.18. The molecule has 9 heteroatoms. The molecule has 178 valence electrons. The van der Waals surface area contributed by atoms with Gasteiger partial charge in [0.2, 0.25) is 0 Å². The van der Waals surface area contributed by atoms with E-state index in [2.05, 4.69) is 10.3 Å². The van der Waals surface area contributed by atoms with Crippen molar-refractivity contribution in [3.05, 3.63) is 34.4 Å². The number of halogens is 2. The van der Waals surface area contributed by atoms with Crippen LogP contribution in [0.25, 0.3) is 0 Å². The summed E-state index contributed by atoms with van der Waals surface area (Å²) < 4.78 is 26.4. The Bertz CT molecular complexity index is 1030. The quantitative estimate of drug-likeness (QED) is 0.574. The topological polar surface area (TPSA) is 87.8 Å². The molecule has 7 nitrogen and oxygen atoms in total. The third-order valence-electron chi connectivity index (χ3n) is 7.37. The number of aliphatic hydroxyl groups is 1. The van der Waals surface area contributed by atoms with Crippen LogP contribution in [0.1, 0.15) is 55.8 Å². The van der Waals surface area contributed by atoms with Crippen LogP contribution < -0.4 is 15.0 Å². The number of rotatable bonds is 8. The first kappa shape index (κ1) is 22.5. The van der Waals surface area contributed by atoms with Crippen LogP contribution in [0.3, 0.4) is 0 Å². The molecule has 2 heterocycles. The standard InChI is InChI=1S/C24H29ClFN3O4/c1-3-19-20(28-23(33-19)29-10-24(4-2,11-29)12-30)22(31)27-15-8-17(25)21(18(26)9-15)32-16-6-13-5-14(13)7-16/h8-9,13-14,16,30H,3-7,10-12H2,1-2H3,(H,27,31). The van der Waals surface area contributed by atoms with Crippen LogP contribution in [0.2, 0.25) is 5.02 Å². The monoisotopic (exact) mass is 477 g/mol. The molecule has 3 fully saturated rings. The molecule has 2 aromatic rings. The van der Waals surface area contributed by atoms with Gasteiger partial charge in [-0.15, -0.1) is 0 Å². The second-order valence-electron chi connectivity index (χ2n) is 9.68. The SMILES string of the molecule is CCc1oc(N2CC(CC)(CO)C2)nc1C(=O)Nc1cc(F)c(OC2CC3CC3C2)c(Cl)c1. The minimum absolute atomic E-state index is 0.000591. The summed E-state index contributed by atoms with van der Waals surface area (Å²) in [6, 6.07) is 3.07. The van der Waals surface area contributed by atoms with Crippen LogP contribution in [0.5, 0.6) is 5.75 Å². The Kier molecular flexibility index (Phi) is 5.77. The number of aromatic nitrogens is 1. The van der Waals surface area contributed by atoms with E-state index in [4.69, 9.17) is 20.8 Å². The van der Waals surface area contributed by atoms with Gasteiger partial charge in [-0.25, -0.2) is 4.39 Å². The van der Waals surface area contributed by atoms with E-state index in [1.807, 2.05) is 18.7 Å². The molecule has 2 atom stereocenters. The number of aryl methyl sites for hydroxylation is 1. The fourth-order valence-corrected chi connectivity index (χ4v) is 5.34. The summed E-state index contributed by atoms with van der Waals surface area (Å²) in [5.41, 5.74) is 0.234. The summed E-state index contributed by atoms with van der Waals surface area (Å²) in [6.07, 6.45) is 4.48. The molecular weight excluding hydrogens is 449 g/mol. The second-order valence-corrected chi connectivity index (χ2v) is 10.1. The van der Waals surface area contributed by atoms with E-state index < -0.39 is 11.7 Å². The zero-order valence-electron chi connectivity index (χ0n) is 18.9. The van der Waals surface area contributed by atoms with Gasteiger partial charge in [0, 0.05) is 36.7 Å². The Morgan fingerprint density at radius 3 is 2.67 bits per heavy atom. The maximum atomic E-state index is 14.8. The zero-order valence-corrected chi connectivity index (χ0v) is 19.6. The van der Waals surface area contributed by atoms with Gasteiger partial charge < -0.3 is 24.5 Å². The van der Waals surface area contributed by atoms with E-state index in [1.165, 1.54) is 18.6 Å². The van der Waals surface area contributed by atoms with E-state index in [-0.39, 0.29) is 40.3 Å². The number of hydrogen-bond acceptors (Lipinski definition) is 6. The predicted molar refractivity (Wildman–Crippen MR) is 123 cm³/mol. The highest BCUT2D eigenvalue weighted by atomic mass is 35.5. The number of benzene rings is 1. The van der Waals surface area contributed by atoms with E-state index in [9.17, 15) is 14.3 Å². The first-order chi connectivity index (χ1) is 15.8. The summed E-state index contributed by atoms with van der Waals surface area (Å²) in [6.45, 7) is 5.25. The molecule has 3 aliphatic rings. The minimum atomic E-state index is -0.601. The average molecular weight is 478 g/mol. The Hall–Kier alpha value is -2.32. The second kappa shape index (κ2) is 8.47. The molecule has 2 N–H and O–H groups in total. The van der Waals surface area contributed by atoms with Crippen LogP contribution >= 0.6 is 11.6 Å². The van der Waals surface area contributed by atoms with Crippen LogP contribution in [0, 0.1) is 23.1 Å². The molecule has 0 radical (unpaired) electrons. The molecule has 1 aliphatic heterocycles. The lowest BCUT2D eigenvalue weighted by Gasteiger charge is -2.48. The van der Waals surface area contributed by atoms with Gasteiger partial charge in [0.1, 0.15) is 5.76 Å². The van der Waals surface area contributed by atoms with Crippen LogP contribution in [-0.2, 0) is 6.42 Å². The molecule has 1 saturated heterocycles. The van der Waals surface area contributed by atoms with Crippen LogP contribution in [0.15, 0.2) is 16.5 Å². The number of nitrogens with one attached hydrogen (secondary N) is 1. The van der Waals surface area contributed by atoms with Crippen molar-refractivity contribution in [1.82, 2.24) is 4.98 Å². The van der Waals surface area contributed by atoms with Crippen molar-refractivity contribution >= 4 is 29.2 Å². The summed E-state index contributed by atoms with van der Waals surface area (Å²) in [5, 5.41) is 12.4. The van der Waals surface area contributed by atoms with Crippen molar-refractivity contribution in [2.45, 2.75) is 52.1 Å². The summed E-state index contributed by atoms with van der Waals surface area (Å²) in [7, 11) is 0. The maximum absolute atomic E-state index is 14.8. The Morgan fingerprint density at radius 2 is 2.06 bits per heavy atom. The number of aliphatic hydroxyl groups excluding tert-OH is 1. The molecular formula is C24H29ClFN3O4. The zero-order chi connectivity index (χ0) is 23.3. The molecule has 0 spiro atoms. The lowest BCUT2D eigenvalue weighted by atomic mass is 9.78. The summed E-state index contributed by atoms with van der Waals surface area (Å²) in [5.74, 6) is 0.830. The molecule has 33 heavy (non-hydrogen) atoms. The van der Waals surface area contributed by atoms with E-state index in [0.29, 0.717) is 43.1 Å². The number of carbonyl (C=O) groups excluding carboxylic acids is 1. The lowest BCUT2D eigenvalue weighted by Crippen LogP contribution is -2.58. The van der Waals surface area contributed by atoms with Gasteiger partial charge in [-0.2, -0.15) is 4.98 Å². The number of amides is 1. The molecule has 5 rings (SSSR count). The van der Waals surface area contributed by atoms with Gasteiger partial charge in [0.05, 0.1) is 17.7 Å². The Balaban J connectivity index is 1.28. The molecule has 2 aliphatic carbocycles. The summed E-state index contributed by atoms with van der Waals surface area (Å²) in [4.78, 5) is 19.2. The van der Waals surface area contributed by atoms with Gasteiger partial charge in [-0.05, 0) is 43.6 Å². The normalized spacial score (nSPS) is 24.9. The van der Waals surface area contributed by atoms with Crippen LogP contribution in [0.4, 0.5) is 16.1 Å². The highest BCUT2D eigenvalue weighted by Gasteiger charge is 2.47. The van der Waals surface area contributed by atoms with Crippen LogP contribution in [-0.4, -0.2) is 41.8 Å². The molecule has 1 amide bonds. The molecule has 2 unspecified atom stereocenters. The highest BCUT2D eigenvalue weighted by molar-refractivity contribution is 6.32. The van der Waals surface area contributed by atoms with Gasteiger partial charge in [0.25, 0.3) is 11.9 Å². The number of hydrogen-bond donors (Lipinski definition) is 2. The van der Waals surface area contributed by atoms with Gasteiger partial charge >= 0.3 is 0 Å². The molecule has 1 aromatic heterocycles. The molecule has 2 saturated carbocycles. The molecule has 1 aromatic carbocycles. The minimum Gasteiger partial charge on any atom is -0.486 e. The Morgan fingerprint density at radius 1 is 1.33 bits per heavy atom. The first-order valence-corrected chi connectivity index (χ1v) is 12.0. The number of carbonyl (C=O) groups is 1. The number of oxazole rings is 1. The van der Waals surface area contributed by atoms with Gasteiger partial charge in [-0.1, -0.05) is 25.4 Å².